The van der Waals surface area contributed by atoms with Crippen LogP contribution in [0.1, 0.15) is 41.8 Å². The Balaban J connectivity index is 1.41. The van der Waals surface area contributed by atoms with Gasteiger partial charge in [-0.25, -0.2) is 9.97 Å². The molecule has 0 saturated heterocycles. The third kappa shape index (κ3) is 3.51. The van der Waals surface area contributed by atoms with E-state index in [0.717, 1.165) is 34.5 Å². The molecule has 0 unspecified atom stereocenters. The zero-order chi connectivity index (χ0) is 20.0. The predicted molar refractivity (Wildman–Crippen MR) is 117 cm³/mol. The standard InChI is InChI=1S/C21H21N5OS2/c1-11-8-9-14-15(10-11)29-20-16(14)17(22)23-21(24-20)28-12(2)18-25-26-19(27-18)13-6-4-3-5-7-13/h3-7,11-12H,8-10H2,1-2H3,(H2,22,23,24)/t11-,12+/m0/s1. The maximum atomic E-state index is 6.35. The second-order valence-electron chi connectivity index (χ2n) is 7.49. The van der Waals surface area contributed by atoms with Crippen LogP contribution in [0, 0.1) is 5.92 Å². The third-order valence-corrected chi connectivity index (χ3v) is 7.35. The summed E-state index contributed by atoms with van der Waals surface area (Å²) in [7, 11) is 0. The van der Waals surface area contributed by atoms with E-state index in [0.29, 0.717) is 22.8 Å². The van der Waals surface area contributed by atoms with Crippen molar-refractivity contribution < 1.29 is 4.42 Å². The van der Waals surface area contributed by atoms with E-state index in [2.05, 4.69) is 22.1 Å². The average Bonchev–Trinajstić information content (AvgIpc) is 3.33. The molecule has 0 fully saturated rings. The maximum absolute atomic E-state index is 6.35. The number of hydrogen-bond acceptors (Lipinski definition) is 8. The van der Waals surface area contributed by atoms with Gasteiger partial charge < -0.3 is 10.2 Å². The average molecular weight is 424 g/mol. The Morgan fingerprint density at radius 3 is 2.86 bits per heavy atom. The van der Waals surface area contributed by atoms with Crippen LogP contribution in [0.25, 0.3) is 21.7 Å². The van der Waals surface area contributed by atoms with E-state index >= 15 is 0 Å². The van der Waals surface area contributed by atoms with Gasteiger partial charge in [0.05, 0.1) is 10.6 Å². The lowest BCUT2D eigenvalue weighted by molar-refractivity contribution is 0.509. The van der Waals surface area contributed by atoms with Crippen molar-refractivity contribution in [3.05, 3.63) is 46.7 Å². The SMILES string of the molecule is C[C@H]1CCc2c(sc3nc(S[C@H](C)c4nnc(-c5ccccc5)o4)nc(N)c23)C1. The molecule has 29 heavy (non-hydrogen) atoms. The number of aryl methyl sites for hydroxylation is 1. The zero-order valence-electron chi connectivity index (χ0n) is 16.3. The van der Waals surface area contributed by atoms with Crippen LogP contribution in [-0.2, 0) is 12.8 Å². The number of nitrogen functional groups attached to an aromatic ring is 1. The summed E-state index contributed by atoms with van der Waals surface area (Å²) >= 11 is 3.25. The van der Waals surface area contributed by atoms with Gasteiger partial charge in [0, 0.05) is 10.4 Å². The molecule has 5 rings (SSSR count). The van der Waals surface area contributed by atoms with Crippen LogP contribution in [0.2, 0.25) is 0 Å². The van der Waals surface area contributed by atoms with Gasteiger partial charge in [-0.1, -0.05) is 36.9 Å². The fourth-order valence-electron chi connectivity index (χ4n) is 3.71. The molecule has 3 heterocycles. The van der Waals surface area contributed by atoms with Gasteiger partial charge in [-0.15, -0.1) is 21.5 Å². The normalized spacial score (nSPS) is 17.4. The van der Waals surface area contributed by atoms with Crippen molar-refractivity contribution in [1.29, 1.82) is 0 Å². The summed E-state index contributed by atoms with van der Waals surface area (Å²) in [5.41, 5.74) is 8.61. The smallest absolute Gasteiger partial charge is 0.247 e. The fraction of sp³-hybridized carbons (Fsp3) is 0.333. The Kier molecular flexibility index (Phi) is 4.75. The van der Waals surface area contributed by atoms with Gasteiger partial charge in [-0.05, 0) is 49.8 Å². The molecule has 148 valence electrons. The molecule has 0 bridgehead atoms. The van der Waals surface area contributed by atoms with Crippen LogP contribution in [0.3, 0.4) is 0 Å². The first-order valence-corrected chi connectivity index (χ1v) is 11.4. The summed E-state index contributed by atoms with van der Waals surface area (Å²) in [6, 6.07) is 9.76. The Morgan fingerprint density at radius 2 is 2.03 bits per heavy atom. The highest BCUT2D eigenvalue weighted by molar-refractivity contribution is 7.99. The summed E-state index contributed by atoms with van der Waals surface area (Å²) in [5, 5.41) is 10.0. The maximum Gasteiger partial charge on any atom is 0.247 e. The number of nitrogens with two attached hydrogens (primary N) is 1. The van der Waals surface area contributed by atoms with Crippen molar-refractivity contribution in [3.8, 4) is 11.5 Å². The van der Waals surface area contributed by atoms with Gasteiger partial charge in [0.15, 0.2) is 5.16 Å². The molecule has 3 aromatic heterocycles. The summed E-state index contributed by atoms with van der Waals surface area (Å²) in [6.45, 7) is 4.32. The lowest BCUT2D eigenvalue weighted by Gasteiger charge is -2.17. The minimum Gasteiger partial charge on any atom is -0.419 e. The Hall–Kier alpha value is -2.45. The van der Waals surface area contributed by atoms with Crippen LogP contribution in [0.15, 0.2) is 39.9 Å². The van der Waals surface area contributed by atoms with Crippen molar-refractivity contribution in [3.63, 3.8) is 0 Å². The monoisotopic (exact) mass is 423 g/mol. The predicted octanol–water partition coefficient (Wildman–Crippen LogP) is 5.30. The van der Waals surface area contributed by atoms with E-state index in [1.807, 2.05) is 37.3 Å². The highest BCUT2D eigenvalue weighted by Crippen LogP contribution is 2.41. The molecule has 0 amide bonds. The number of anilines is 1. The molecule has 1 aliphatic carbocycles. The van der Waals surface area contributed by atoms with E-state index in [1.54, 1.807) is 11.3 Å². The van der Waals surface area contributed by atoms with Gasteiger partial charge in [0.1, 0.15) is 10.6 Å². The van der Waals surface area contributed by atoms with Crippen molar-refractivity contribution in [2.45, 2.75) is 43.5 Å². The molecule has 0 radical (unpaired) electrons. The van der Waals surface area contributed by atoms with Crippen molar-refractivity contribution in [2.75, 3.05) is 5.73 Å². The third-order valence-electron chi connectivity index (χ3n) is 5.25. The highest BCUT2D eigenvalue weighted by atomic mass is 32.2. The molecule has 0 saturated carbocycles. The fourth-order valence-corrected chi connectivity index (χ4v) is 5.96. The molecule has 4 aromatic rings. The van der Waals surface area contributed by atoms with E-state index in [9.17, 15) is 0 Å². The van der Waals surface area contributed by atoms with Crippen LogP contribution in [0.5, 0.6) is 0 Å². The molecular weight excluding hydrogens is 402 g/mol. The van der Waals surface area contributed by atoms with Crippen LogP contribution in [0.4, 0.5) is 5.82 Å². The molecule has 8 heteroatoms. The first-order chi connectivity index (χ1) is 14.1. The number of nitrogens with zero attached hydrogens (tertiary/aromatic N) is 4. The molecular formula is C21H21N5OS2. The van der Waals surface area contributed by atoms with E-state index in [1.165, 1.54) is 28.6 Å². The zero-order valence-corrected chi connectivity index (χ0v) is 17.9. The van der Waals surface area contributed by atoms with Gasteiger partial charge in [0.2, 0.25) is 11.8 Å². The topological polar surface area (TPSA) is 90.7 Å². The highest BCUT2D eigenvalue weighted by Gasteiger charge is 2.24. The molecule has 2 atom stereocenters. The minimum absolute atomic E-state index is 0.0774. The van der Waals surface area contributed by atoms with Crippen LogP contribution < -0.4 is 5.73 Å². The van der Waals surface area contributed by atoms with Crippen LogP contribution in [-0.4, -0.2) is 20.2 Å². The lowest BCUT2D eigenvalue weighted by Crippen LogP contribution is -2.09. The number of thiophene rings is 1. The number of hydrogen-bond donors (Lipinski definition) is 1. The van der Waals surface area contributed by atoms with E-state index < -0.39 is 0 Å². The second-order valence-corrected chi connectivity index (χ2v) is 9.89. The Bertz CT molecular complexity index is 1170. The number of aromatic nitrogens is 4. The number of thioether (sulfide) groups is 1. The molecule has 2 N–H and O–H groups in total. The Morgan fingerprint density at radius 1 is 1.21 bits per heavy atom. The largest absolute Gasteiger partial charge is 0.419 e. The second kappa shape index (κ2) is 7.42. The van der Waals surface area contributed by atoms with Gasteiger partial charge in [-0.3, -0.25) is 0 Å². The number of fused-ring (bicyclic) bond motifs is 3. The molecule has 1 aromatic carbocycles. The van der Waals surface area contributed by atoms with E-state index in [4.69, 9.17) is 15.1 Å². The molecule has 6 nitrogen and oxygen atoms in total. The lowest BCUT2D eigenvalue weighted by atomic mass is 9.89. The number of benzene rings is 1. The molecule has 0 aliphatic heterocycles. The summed E-state index contributed by atoms with van der Waals surface area (Å²) in [6.07, 6.45) is 3.38. The van der Waals surface area contributed by atoms with Crippen LogP contribution >= 0.6 is 23.1 Å². The first-order valence-electron chi connectivity index (χ1n) is 9.71. The first kappa shape index (κ1) is 18.6. The van der Waals surface area contributed by atoms with Crippen molar-refractivity contribution in [2.24, 2.45) is 5.92 Å². The van der Waals surface area contributed by atoms with Gasteiger partial charge in [-0.2, -0.15) is 0 Å². The minimum atomic E-state index is -0.0774. The number of rotatable bonds is 4. The van der Waals surface area contributed by atoms with Crippen molar-refractivity contribution >= 4 is 39.1 Å². The summed E-state index contributed by atoms with van der Waals surface area (Å²) < 4.78 is 5.87. The van der Waals surface area contributed by atoms with Crippen molar-refractivity contribution in [1.82, 2.24) is 20.2 Å². The molecule has 1 aliphatic rings. The summed E-state index contributed by atoms with van der Waals surface area (Å²) in [5.74, 6) is 2.36. The van der Waals surface area contributed by atoms with Gasteiger partial charge >= 0.3 is 0 Å². The van der Waals surface area contributed by atoms with Gasteiger partial charge in [0.25, 0.3) is 0 Å². The molecule has 0 spiro atoms. The summed E-state index contributed by atoms with van der Waals surface area (Å²) in [4.78, 5) is 11.8. The van der Waals surface area contributed by atoms with E-state index in [-0.39, 0.29) is 5.25 Å². The Labute approximate surface area is 177 Å². The quantitative estimate of drug-likeness (QED) is 0.352.